The van der Waals surface area contributed by atoms with Gasteiger partial charge in [-0.15, -0.1) is 0 Å². The van der Waals surface area contributed by atoms with Crippen molar-refractivity contribution in [3.63, 3.8) is 0 Å². The summed E-state index contributed by atoms with van der Waals surface area (Å²) in [6, 6.07) is 7.98. The van der Waals surface area contributed by atoms with Crippen molar-refractivity contribution in [2.75, 3.05) is 0 Å². The minimum atomic E-state index is -0.836. The second-order valence-corrected chi connectivity index (χ2v) is 5.95. The summed E-state index contributed by atoms with van der Waals surface area (Å²) in [5, 5.41) is 13.6. The Morgan fingerprint density at radius 3 is 3.00 bits per heavy atom. The van der Waals surface area contributed by atoms with Gasteiger partial charge < -0.3 is 5.11 Å². The van der Waals surface area contributed by atoms with Gasteiger partial charge in [0.25, 0.3) is 0 Å². The number of benzene rings is 1. The van der Waals surface area contributed by atoms with Crippen LogP contribution in [0.5, 0.6) is 0 Å². The molecule has 104 valence electrons. The molecule has 0 unspecified atom stereocenters. The van der Waals surface area contributed by atoms with Gasteiger partial charge in [0.15, 0.2) is 0 Å². The normalized spacial score (nSPS) is 14.1. The molecule has 0 spiro atoms. The number of hydrogen-bond donors (Lipinski definition) is 1. The summed E-state index contributed by atoms with van der Waals surface area (Å²) < 4.78 is 2.98. The number of hydrogen-bond acceptors (Lipinski definition) is 2. The van der Waals surface area contributed by atoms with Gasteiger partial charge in [-0.05, 0) is 37.0 Å². The average molecular weight is 335 g/mol. The maximum Gasteiger partial charge on any atom is 0.309 e. The van der Waals surface area contributed by atoms with Gasteiger partial charge >= 0.3 is 5.97 Å². The Labute approximate surface area is 125 Å². The summed E-state index contributed by atoms with van der Waals surface area (Å²) in [7, 11) is 0. The molecule has 0 fully saturated rings. The van der Waals surface area contributed by atoms with Crippen LogP contribution in [0.1, 0.15) is 24.2 Å². The van der Waals surface area contributed by atoms with Crippen LogP contribution >= 0.6 is 15.9 Å². The second-order valence-electron chi connectivity index (χ2n) is 5.03. The highest BCUT2D eigenvalue weighted by Gasteiger charge is 2.22. The molecule has 0 saturated carbocycles. The molecule has 2 heterocycles. The molecule has 1 N–H and O–H groups in total. The van der Waals surface area contributed by atoms with Gasteiger partial charge in [-0.1, -0.05) is 28.1 Å². The number of halogens is 1. The third-order valence-electron chi connectivity index (χ3n) is 3.60. The van der Waals surface area contributed by atoms with E-state index in [1.807, 2.05) is 28.9 Å². The van der Waals surface area contributed by atoms with Crippen molar-refractivity contribution in [1.82, 2.24) is 9.78 Å². The molecule has 1 aliphatic heterocycles. The van der Waals surface area contributed by atoms with Crippen molar-refractivity contribution < 1.29 is 9.90 Å². The fourth-order valence-corrected chi connectivity index (χ4v) is 3.19. The second kappa shape index (κ2) is 5.40. The Hall–Kier alpha value is -1.62. The number of nitrogens with zero attached hydrogens (tertiary/aromatic N) is 2. The highest BCUT2D eigenvalue weighted by atomic mass is 79.9. The molecule has 0 aliphatic carbocycles. The predicted molar refractivity (Wildman–Crippen MR) is 79.6 cm³/mol. The first-order chi connectivity index (χ1) is 9.65. The maximum absolute atomic E-state index is 11.1. The number of carboxylic acid groups (broad SMARTS) is 1. The van der Waals surface area contributed by atoms with Crippen molar-refractivity contribution in [3.8, 4) is 11.1 Å². The standard InChI is InChI=1S/C15H15BrN2O2/c16-11-5-3-4-10(8-11)15-12(9-14(19)20)17-18-7-2-1-6-13(15)18/h3-5,8H,1-2,6-7,9H2,(H,19,20). The first kappa shape index (κ1) is 13.4. The van der Waals surface area contributed by atoms with E-state index in [0.29, 0.717) is 5.69 Å². The zero-order valence-corrected chi connectivity index (χ0v) is 12.6. The van der Waals surface area contributed by atoms with E-state index < -0.39 is 5.97 Å². The van der Waals surface area contributed by atoms with Crippen molar-refractivity contribution in [2.24, 2.45) is 0 Å². The zero-order valence-electron chi connectivity index (χ0n) is 11.0. The molecule has 0 saturated heterocycles. The molecule has 1 aromatic heterocycles. The van der Waals surface area contributed by atoms with E-state index in [0.717, 1.165) is 41.4 Å². The van der Waals surface area contributed by atoms with Gasteiger partial charge in [-0.25, -0.2) is 0 Å². The minimum absolute atomic E-state index is 0.0259. The first-order valence-corrected chi connectivity index (χ1v) is 7.51. The van der Waals surface area contributed by atoms with Crippen LogP contribution in [-0.2, 0) is 24.2 Å². The molecule has 0 amide bonds. The molecule has 0 bridgehead atoms. The van der Waals surface area contributed by atoms with E-state index in [1.54, 1.807) is 0 Å². The van der Waals surface area contributed by atoms with E-state index in [-0.39, 0.29) is 6.42 Å². The lowest BCUT2D eigenvalue weighted by molar-refractivity contribution is -0.136. The minimum Gasteiger partial charge on any atom is -0.481 e. The van der Waals surface area contributed by atoms with Gasteiger partial charge in [0.1, 0.15) is 0 Å². The maximum atomic E-state index is 11.1. The Balaban J connectivity index is 2.15. The Morgan fingerprint density at radius 1 is 1.40 bits per heavy atom. The lowest BCUT2D eigenvalue weighted by atomic mass is 9.97. The fourth-order valence-electron chi connectivity index (χ4n) is 2.79. The monoisotopic (exact) mass is 334 g/mol. The lowest BCUT2D eigenvalue weighted by Gasteiger charge is -2.14. The topological polar surface area (TPSA) is 55.1 Å². The van der Waals surface area contributed by atoms with Crippen molar-refractivity contribution in [3.05, 3.63) is 40.1 Å². The summed E-state index contributed by atoms with van der Waals surface area (Å²) in [6.07, 6.45) is 3.19. The van der Waals surface area contributed by atoms with Crippen LogP contribution in [0.4, 0.5) is 0 Å². The molecular formula is C15H15BrN2O2. The van der Waals surface area contributed by atoms with Gasteiger partial charge in [0.2, 0.25) is 0 Å². The Bertz CT molecular complexity index is 664. The Kier molecular flexibility index (Phi) is 3.61. The number of carbonyl (C=O) groups is 1. The number of rotatable bonds is 3. The van der Waals surface area contributed by atoms with Crippen LogP contribution in [0.2, 0.25) is 0 Å². The quantitative estimate of drug-likeness (QED) is 0.937. The molecule has 20 heavy (non-hydrogen) atoms. The highest BCUT2D eigenvalue weighted by Crippen LogP contribution is 2.33. The van der Waals surface area contributed by atoms with Gasteiger partial charge in [0.05, 0.1) is 12.1 Å². The number of fused-ring (bicyclic) bond motifs is 1. The highest BCUT2D eigenvalue weighted by molar-refractivity contribution is 9.10. The van der Waals surface area contributed by atoms with Gasteiger partial charge in [-0.3, -0.25) is 9.48 Å². The summed E-state index contributed by atoms with van der Waals surface area (Å²) in [6.45, 7) is 0.885. The zero-order chi connectivity index (χ0) is 14.1. The molecule has 0 atom stereocenters. The van der Waals surface area contributed by atoms with Crippen LogP contribution in [0, 0.1) is 0 Å². The van der Waals surface area contributed by atoms with Crippen LogP contribution in [-0.4, -0.2) is 20.9 Å². The summed E-state index contributed by atoms with van der Waals surface area (Å²) in [5.41, 5.74) is 3.89. The van der Waals surface area contributed by atoms with Crippen LogP contribution in [0.3, 0.4) is 0 Å². The number of aryl methyl sites for hydroxylation is 1. The van der Waals surface area contributed by atoms with Crippen molar-refractivity contribution in [2.45, 2.75) is 32.2 Å². The van der Waals surface area contributed by atoms with Crippen molar-refractivity contribution in [1.29, 1.82) is 0 Å². The van der Waals surface area contributed by atoms with Crippen LogP contribution in [0.15, 0.2) is 28.7 Å². The third kappa shape index (κ3) is 2.50. The van der Waals surface area contributed by atoms with E-state index in [4.69, 9.17) is 5.11 Å². The summed E-state index contributed by atoms with van der Waals surface area (Å²) in [4.78, 5) is 11.1. The molecule has 3 rings (SSSR count). The molecule has 5 heteroatoms. The van der Waals surface area contributed by atoms with Crippen LogP contribution < -0.4 is 0 Å². The van der Waals surface area contributed by atoms with E-state index in [2.05, 4.69) is 21.0 Å². The van der Waals surface area contributed by atoms with Gasteiger partial charge in [0, 0.05) is 22.3 Å². The van der Waals surface area contributed by atoms with E-state index in [1.165, 1.54) is 5.69 Å². The number of aliphatic carboxylic acids is 1. The first-order valence-electron chi connectivity index (χ1n) is 6.71. The van der Waals surface area contributed by atoms with Gasteiger partial charge in [-0.2, -0.15) is 5.10 Å². The summed E-state index contributed by atoms with van der Waals surface area (Å²) in [5.74, 6) is -0.836. The van der Waals surface area contributed by atoms with Crippen LogP contribution in [0.25, 0.3) is 11.1 Å². The number of carboxylic acids is 1. The summed E-state index contributed by atoms with van der Waals surface area (Å²) >= 11 is 3.48. The van der Waals surface area contributed by atoms with E-state index >= 15 is 0 Å². The largest absolute Gasteiger partial charge is 0.481 e. The molecule has 2 aromatic rings. The predicted octanol–water partition coefficient (Wildman–Crippen LogP) is 3.28. The molecule has 1 aliphatic rings. The third-order valence-corrected chi connectivity index (χ3v) is 4.09. The SMILES string of the molecule is O=C(O)Cc1nn2c(c1-c1cccc(Br)c1)CCCC2. The molecule has 4 nitrogen and oxygen atoms in total. The smallest absolute Gasteiger partial charge is 0.309 e. The van der Waals surface area contributed by atoms with E-state index in [9.17, 15) is 4.79 Å². The molecule has 0 radical (unpaired) electrons. The Morgan fingerprint density at radius 2 is 2.25 bits per heavy atom. The van der Waals surface area contributed by atoms with Crippen molar-refractivity contribution >= 4 is 21.9 Å². The molecular weight excluding hydrogens is 320 g/mol. The number of aromatic nitrogens is 2. The fraction of sp³-hybridized carbons (Fsp3) is 0.333. The molecule has 1 aromatic carbocycles. The lowest BCUT2D eigenvalue weighted by Crippen LogP contribution is -2.11. The average Bonchev–Trinajstić information content (AvgIpc) is 2.75.